The number of anilines is 1. The van der Waals surface area contributed by atoms with Crippen molar-refractivity contribution in [3.8, 4) is 0 Å². The number of rotatable bonds is 2. The number of aromatic nitrogens is 4. The van der Waals surface area contributed by atoms with Crippen LogP contribution in [0, 0.1) is 13.8 Å². The van der Waals surface area contributed by atoms with E-state index in [0.29, 0.717) is 16.3 Å². The first-order chi connectivity index (χ1) is 9.13. The van der Waals surface area contributed by atoms with E-state index in [1.807, 2.05) is 23.6 Å². The molecule has 1 N–H and O–H groups in total. The molecule has 0 aromatic carbocycles. The summed E-state index contributed by atoms with van der Waals surface area (Å²) in [6.45, 7) is 3.75. The van der Waals surface area contributed by atoms with Gasteiger partial charge in [-0.15, -0.1) is 21.5 Å². The molecule has 0 atom stereocenters. The average Bonchev–Trinajstić information content (AvgIpc) is 2.96. The quantitative estimate of drug-likeness (QED) is 0.775. The van der Waals surface area contributed by atoms with E-state index >= 15 is 0 Å². The van der Waals surface area contributed by atoms with Crippen molar-refractivity contribution >= 4 is 28.0 Å². The summed E-state index contributed by atoms with van der Waals surface area (Å²) in [6.07, 6.45) is 1.78. The lowest BCUT2D eigenvalue weighted by molar-refractivity contribution is 0.102. The molecule has 3 heterocycles. The third kappa shape index (κ3) is 2.19. The van der Waals surface area contributed by atoms with Crippen LogP contribution < -0.4 is 5.32 Å². The summed E-state index contributed by atoms with van der Waals surface area (Å²) in [5.41, 5.74) is 2.08. The summed E-state index contributed by atoms with van der Waals surface area (Å²) in [4.78, 5) is 16.3. The topological polar surface area (TPSA) is 72.2 Å². The number of carbonyl (C=O) groups is 1. The Balaban J connectivity index is 1.89. The zero-order chi connectivity index (χ0) is 13.4. The maximum Gasteiger partial charge on any atom is 0.257 e. The standard InChI is InChI=1S/C12H11N5OS/c1-7-6-19-12(13-7)14-11(18)9-3-4-17-8(2)15-16-10(17)5-9/h3-6H,1-2H3,(H,13,14,18). The van der Waals surface area contributed by atoms with Gasteiger partial charge in [-0.05, 0) is 26.0 Å². The number of hydrogen-bond donors (Lipinski definition) is 1. The number of nitrogens with one attached hydrogen (secondary N) is 1. The Morgan fingerprint density at radius 3 is 2.95 bits per heavy atom. The predicted molar refractivity (Wildman–Crippen MR) is 72.5 cm³/mol. The molecule has 3 aromatic rings. The SMILES string of the molecule is Cc1csc(NC(=O)c2ccn3c(C)nnc3c2)n1. The molecule has 0 saturated carbocycles. The molecule has 0 fully saturated rings. The van der Waals surface area contributed by atoms with Crippen molar-refractivity contribution in [2.24, 2.45) is 0 Å². The van der Waals surface area contributed by atoms with Gasteiger partial charge in [-0.2, -0.15) is 0 Å². The van der Waals surface area contributed by atoms with E-state index in [1.165, 1.54) is 11.3 Å². The zero-order valence-corrected chi connectivity index (χ0v) is 11.2. The molecule has 1 amide bonds. The maximum atomic E-state index is 12.1. The second-order valence-corrected chi connectivity index (χ2v) is 5.00. The number of amides is 1. The van der Waals surface area contributed by atoms with Crippen LogP contribution in [-0.4, -0.2) is 25.5 Å². The van der Waals surface area contributed by atoms with Gasteiger partial charge in [-0.25, -0.2) is 4.98 Å². The van der Waals surface area contributed by atoms with E-state index in [4.69, 9.17) is 0 Å². The van der Waals surface area contributed by atoms with Gasteiger partial charge >= 0.3 is 0 Å². The molecule has 0 aliphatic rings. The van der Waals surface area contributed by atoms with Crippen molar-refractivity contribution in [1.29, 1.82) is 0 Å². The van der Waals surface area contributed by atoms with Crippen LogP contribution in [0.25, 0.3) is 5.65 Å². The number of carbonyl (C=O) groups excluding carboxylic acids is 1. The van der Waals surface area contributed by atoms with E-state index in [2.05, 4.69) is 20.5 Å². The Morgan fingerprint density at radius 1 is 1.37 bits per heavy atom. The van der Waals surface area contributed by atoms with Crippen molar-refractivity contribution in [3.63, 3.8) is 0 Å². The van der Waals surface area contributed by atoms with Gasteiger partial charge in [0.15, 0.2) is 10.8 Å². The molecular formula is C12H11N5OS. The second-order valence-electron chi connectivity index (χ2n) is 4.14. The van der Waals surface area contributed by atoms with E-state index < -0.39 is 0 Å². The molecular weight excluding hydrogens is 262 g/mol. The normalized spacial score (nSPS) is 10.8. The minimum atomic E-state index is -0.197. The number of nitrogens with zero attached hydrogens (tertiary/aromatic N) is 4. The van der Waals surface area contributed by atoms with Crippen molar-refractivity contribution in [2.75, 3.05) is 5.32 Å². The van der Waals surface area contributed by atoms with Crippen LogP contribution in [0.5, 0.6) is 0 Å². The third-order valence-electron chi connectivity index (χ3n) is 2.68. The molecule has 0 aliphatic carbocycles. The number of thiazole rings is 1. The molecule has 0 saturated heterocycles. The highest BCUT2D eigenvalue weighted by Crippen LogP contribution is 2.16. The summed E-state index contributed by atoms with van der Waals surface area (Å²) in [7, 11) is 0. The summed E-state index contributed by atoms with van der Waals surface area (Å²) in [5.74, 6) is 0.593. The van der Waals surface area contributed by atoms with Gasteiger partial charge in [0.2, 0.25) is 0 Å². The van der Waals surface area contributed by atoms with Gasteiger partial charge in [0, 0.05) is 17.1 Å². The first kappa shape index (κ1) is 11.8. The number of aryl methyl sites for hydroxylation is 2. The average molecular weight is 273 g/mol. The molecule has 19 heavy (non-hydrogen) atoms. The molecule has 6 nitrogen and oxygen atoms in total. The monoisotopic (exact) mass is 273 g/mol. The molecule has 96 valence electrons. The molecule has 7 heteroatoms. The van der Waals surface area contributed by atoms with Gasteiger partial charge in [-0.1, -0.05) is 0 Å². The highest BCUT2D eigenvalue weighted by atomic mass is 32.1. The Kier molecular flexibility index (Phi) is 2.75. The highest BCUT2D eigenvalue weighted by Gasteiger charge is 2.10. The van der Waals surface area contributed by atoms with Crippen LogP contribution in [0.2, 0.25) is 0 Å². The van der Waals surface area contributed by atoms with Crippen molar-refractivity contribution in [1.82, 2.24) is 19.6 Å². The Hall–Kier alpha value is -2.28. The molecule has 0 radical (unpaired) electrons. The van der Waals surface area contributed by atoms with E-state index in [9.17, 15) is 4.79 Å². The lowest BCUT2D eigenvalue weighted by atomic mass is 10.2. The summed E-state index contributed by atoms with van der Waals surface area (Å²) >= 11 is 1.40. The highest BCUT2D eigenvalue weighted by molar-refractivity contribution is 7.13. The number of pyridine rings is 1. The van der Waals surface area contributed by atoms with Crippen LogP contribution in [0.4, 0.5) is 5.13 Å². The first-order valence-corrected chi connectivity index (χ1v) is 6.56. The van der Waals surface area contributed by atoms with Gasteiger partial charge < -0.3 is 0 Å². The van der Waals surface area contributed by atoms with Crippen LogP contribution >= 0.6 is 11.3 Å². The van der Waals surface area contributed by atoms with Gasteiger partial charge in [0.05, 0.1) is 5.69 Å². The molecule has 3 aromatic heterocycles. The molecule has 3 rings (SSSR count). The Labute approximate surface area is 113 Å². The molecule has 0 spiro atoms. The van der Waals surface area contributed by atoms with Crippen molar-refractivity contribution < 1.29 is 4.79 Å². The fraction of sp³-hybridized carbons (Fsp3) is 0.167. The summed E-state index contributed by atoms with van der Waals surface area (Å²) < 4.78 is 1.82. The fourth-order valence-corrected chi connectivity index (χ4v) is 2.42. The minimum Gasteiger partial charge on any atom is -0.298 e. The van der Waals surface area contributed by atoms with Gasteiger partial charge in [0.1, 0.15) is 5.82 Å². The summed E-state index contributed by atoms with van der Waals surface area (Å²) in [6, 6.07) is 3.44. The predicted octanol–water partition coefficient (Wildman–Crippen LogP) is 2.05. The van der Waals surface area contributed by atoms with E-state index in [0.717, 1.165) is 11.5 Å². The van der Waals surface area contributed by atoms with Crippen molar-refractivity contribution in [2.45, 2.75) is 13.8 Å². The molecule has 0 bridgehead atoms. The fourth-order valence-electron chi connectivity index (χ4n) is 1.73. The van der Waals surface area contributed by atoms with E-state index in [1.54, 1.807) is 18.3 Å². The maximum absolute atomic E-state index is 12.1. The molecule has 0 unspecified atom stereocenters. The van der Waals surface area contributed by atoms with Crippen LogP contribution in [0.15, 0.2) is 23.7 Å². The zero-order valence-electron chi connectivity index (χ0n) is 10.4. The lowest BCUT2D eigenvalue weighted by Gasteiger charge is -2.02. The number of fused-ring (bicyclic) bond motifs is 1. The van der Waals surface area contributed by atoms with E-state index in [-0.39, 0.29) is 5.91 Å². The van der Waals surface area contributed by atoms with Crippen molar-refractivity contribution in [3.05, 3.63) is 40.8 Å². The molecule has 0 aliphatic heterocycles. The largest absolute Gasteiger partial charge is 0.298 e. The van der Waals surface area contributed by atoms with Crippen LogP contribution in [-0.2, 0) is 0 Å². The number of hydrogen-bond acceptors (Lipinski definition) is 5. The summed E-state index contributed by atoms with van der Waals surface area (Å²) in [5, 5.41) is 13.2. The Bertz CT molecular complexity index is 760. The first-order valence-electron chi connectivity index (χ1n) is 5.68. The van der Waals surface area contributed by atoms with Gasteiger partial charge in [-0.3, -0.25) is 14.5 Å². The second kappa shape index (κ2) is 4.43. The Morgan fingerprint density at radius 2 is 2.21 bits per heavy atom. The van der Waals surface area contributed by atoms with Gasteiger partial charge in [0.25, 0.3) is 5.91 Å². The third-order valence-corrected chi connectivity index (χ3v) is 3.56. The van der Waals surface area contributed by atoms with Crippen LogP contribution in [0.3, 0.4) is 0 Å². The minimum absolute atomic E-state index is 0.197. The lowest BCUT2D eigenvalue weighted by Crippen LogP contribution is -2.12. The smallest absolute Gasteiger partial charge is 0.257 e. The van der Waals surface area contributed by atoms with Crippen LogP contribution in [0.1, 0.15) is 21.9 Å².